The highest BCUT2D eigenvalue weighted by Gasteiger charge is 2.13. The largest absolute Gasteiger partial charge is 0.486 e. The molecule has 6 heteroatoms. The minimum Gasteiger partial charge on any atom is -0.486 e. The summed E-state index contributed by atoms with van der Waals surface area (Å²) < 4.78 is 11.0. The maximum absolute atomic E-state index is 12.0. The average Bonchev–Trinajstić information content (AvgIpc) is 2.99. The van der Waals surface area contributed by atoms with Crippen LogP contribution in [0, 0.1) is 0 Å². The number of rotatable bonds is 4. The lowest BCUT2D eigenvalue weighted by Crippen LogP contribution is -2.37. The Morgan fingerprint density at radius 2 is 2.09 bits per heavy atom. The van der Waals surface area contributed by atoms with Crippen LogP contribution in [0.2, 0.25) is 0 Å². The van der Waals surface area contributed by atoms with E-state index in [0.717, 1.165) is 6.42 Å². The van der Waals surface area contributed by atoms with Crippen molar-refractivity contribution in [3.05, 3.63) is 40.6 Å². The molecule has 0 saturated heterocycles. The van der Waals surface area contributed by atoms with Gasteiger partial charge in [-0.2, -0.15) is 0 Å². The van der Waals surface area contributed by atoms with Gasteiger partial charge in [0.15, 0.2) is 11.5 Å². The summed E-state index contributed by atoms with van der Waals surface area (Å²) in [6, 6.07) is 9.31. The fourth-order valence-electron chi connectivity index (χ4n) is 2.29. The zero-order chi connectivity index (χ0) is 15.4. The second-order valence-electron chi connectivity index (χ2n) is 5.14. The predicted molar refractivity (Wildman–Crippen MR) is 87.1 cm³/mol. The molecule has 1 aromatic carbocycles. The number of urea groups is 1. The molecule has 0 saturated carbocycles. The van der Waals surface area contributed by atoms with Gasteiger partial charge >= 0.3 is 6.03 Å². The Hall–Kier alpha value is -2.21. The lowest BCUT2D eigenvalue weighted by atomic mass is 10.2. The Balaban J connectivity index is 1.55. The van der Waals surface area contributed by atoms with Gasteiger partial charge in [-0.15, -0.1) is 11.3 Å². The van der Waals surface area contributed by atoms with E-state index < -0.39 is 0 Å². The summed E-state index contributed by atoms with van der Waals surface area (Å²) in [4.78, 5) is 13.3. The molecule has 0 fully saturated rings. The van der Waals surface area contributed by atoms with E-state index in [-0.39, 0.29) is 12.1 Å². The van der Waals surface area contributed by atoms with E-state index >= 15 is 0 Å². The van der Waals surface area contributed by atoms with Crippen molar-refractivity contribution in [1.82, 2.24) is 5.32 Å². The molecule has 0 radical (unpaired) electrons. The highest BCUT2D eigenvalue weighted by Crippen LogP contribution is 2.32. The monoisotopic (exact) mass is 318 g/mol. The van der Waals surface area contributed by atoms with Gasteiger partial charge in [0.25, 0.3) is 0 Å². The van der Waals surface area contributed by atoms with Gasteiger partial charge in [0, 0.05) is 29.1 Å². The van der Waals surface area contributed by atoms with E-state index in [1.807, 2.05) is 18.4 Å². The molecule has 1 aliphatic heterocycles. The van der Waals surface area contributed by atoms with Gasteiger partial charge in [0.05, 0.1) is 0 Å². The molecule has 2 aromatic rings. The third kappa shape index (κ3) is 3.71. The van der Waals surface area contributed by atoms with Crippen LogP contribution in [0.4, 0.5) is 10.5 Å². The van der Waals surface area contributed by atoms with Crippen LogP contribution in [-0.4, -0.2) is 25.3 Å². The molecule has 3 rings (SSSR count). The molecule has 1 unspecified atom stereocenters. The van der Waals surface area contributed by atoms with Gasteiger partial charge in [0.2, 0.25) is 0 Å². The highest BCUT2D eigenvalue weighted by atomic mass is 32.1. The number of thiophene rings is 1. The quantitative estimate of drug-likeness (QED) is 0.909. The lowest BCUT2D eigenvalue weighted by Gasteiger charge is -2.19. The van der Waals surface area contributed by atoms with Gasteiger partial charge in [-0.25, -0.2) is 4.79 Å². The van der Waals surface area contributed by atoms with Crippen LogP contribution in [0.25, 0.3) is 0 Å². The number of carbonyl (C=O) groups excluding carboxylic acids is 1. The first-order valence-electron chi connectivity index (χ1n) is 7.20. The third-order valence-electron chi connectivity index (χ3n) is 3.27. The molecular formula is C16H18N2O3S. The Morgan fingerprint density at radius 3 is 2.86 bits per heavy atom. The Morgan fingerprint density at radius 1 is 1.27 bits per heavy atom. The molecule has 0 bridgehead atoms. The van der Waals surface area contributed by atoms with Gasteiger partial charge in [-0.1, -0.05) is 6.07 Å². The molecule has 2 amide bonds. The lowest BCUT2D eigenvalue weighted by molar-refractivity contribution is 0.171. The van der Waals surface area contributed by atoms with Crippen LogP contribution in [0.1, 0.15) is 11.8 Å². The molecule has 5 nitrogen and oxygen atoms in total. The van der Waals surface area contributed by atoms with Crippen molar-refractivity contribution in [2.45, 2.75) is 19.4 Å². The summed E-state index contributed by atoms with van der Waals surface area (Å²) in [6.45, 7) is 3.07. The van der Waals surface area contributed by atoms with Crippen LogP contribution in [0.5, 0.6) is 11.5 Å². The maximum atomic E-state index is 12.0. The van der Waals surface area contributed by atoms with Gasteiger partial charge < -0.3 is 20.1 Å². The van der Waals surface area contributed by atoms with E-state index in [2.05, 4.69) is 16.7 Å². The Kier molecular flexibility index (Phi) is 4.48. The molecule has 0 aliphatic carbocycles. The zero-order valence-corrected chi connectivity index (χ0v) is 13.1. The number of anilines is 1. The number of nitrogens with one attached hydrogen (secondary N) is 2. The molecule has 1 aromatic heterocycles. The summed E-state index contributed by atoms with van der Waals surface area (Å²) in [5.41, 5.74) is 0.685. The van der Waals surface area contributed by atoms with Crippen molar-refractivity contribution in [2.24, 2.45) is 0 Å². The standard InChI is InChI=1S/C16H18N2O3S/c1-11(9-13-3-2-8-22-13)17-16(19)18-12-4-5-14-15(10-12)21-7-6-20-14/h2-5,8,10-11H,6-7,9H2,1H3,(H2,17,18,19). The van der Waals surface area contributed by atoms with Crippen molar-refractivity contribution < 1.29 is 14.3 Å². The van der Waals surface area contributed by atoms with Crippen LogP contribution < -0.4 is 20.1 Å². The fraction of sp³-hybridized carbons (Fsp3) is 0.312. The van der Waals surface area contributed by atoms with Crippen molar-refractivity contribution in [1.29, 1.82) is 0 Å². The predicted octanol–water partition coefficient (Wildman–Crippen LogP) is 3.27. The molecule has 2 heterocycles. The second kappa shape index (κ2) is 6.70. The van der Waals surface area contributed by atoms with Crippen LogP contribution in [0.15, 0.2) is 35.7 Å². The zero-order valence-electron chi connectivity index (χ0n) is 12.3. The smallest absolute Gasteiger partial charge is 0.319 e. The summed E-state index contributed by atoms with van der Waals surface area (Å²) >= 11 is 1.70. The van der Waals surface area contributed by atoms with Gasteiger partial charge in [0.1, 0.15) is 13.2 Å². The van der Waals surface area contributed by atoms with Crippen molar-refractivity contribution in [3.8, 4) is 11.5 Å². The fourth-order valence-corrected chi connectivity index (χ4v) is 3.13. The summed E-state index contributed by atoms with van der Waals surface area (Å²) in [7, 11) is 0. The number of benzene rings is 1. The number of ether oxygens (including phenoxy) is 2. The molecule has 1 aliphatic rings. The normalized spacial score (nSPS) is 14.2. The Labute approximate surface area is 133 Å². The van der Waals surface area contributed by atoms with E-state index in [9.17, 15) is 4.79 Å². The van der Waals surface area contributed by atoms with Crippen molar-refractivity contribution in [3.63, 3.8) is 0 Å². The topological polar surface area (TPSA) is 59.6 Å². The summed E-state index contributed by atoms with van der Waals surface area (Å²) in [5.74, 6) is 1.37. The minimum absolute atomic E-state index is 0.0656. The first-order chi connectivity index (χ1) is 10.7. The first kappa shape index (κ1) is 14.7. The minimum atomic E-state index is -0.222. The van der Waals surface area contributed by atoms with Crippen LogP contribution >= 0.6 is 11.3 Å². The molecule has 0 spiro atoms. The number of carbonyl (C=O) groups is 1. The molecule has 22 heavy (non-hydrogen) atoms. The molecular weight excluding hydrogens is 300 g/mol. The SMILES string of the molecule is CC(Cc1cccs1)NC(=O)Nc1ccc2c(c1)OCCO2. The number of fused-ring (bicyclic) bond motifs is 1. The van der Waals surface area contributed by atoms with E-state index in [1.165, 1.54) is 4.88 Å². The maximum Gasteiger partial charge on any atom is 0.319 e. The number of hydrogen-bond donors (Lipinski definition) is 2. The number of amides is 2. The van der Waals surface area contributed by atoms with Crippen LogP contribution in [0.3, 0.4) is 0 Å². The third-order valence-corrected chi connectivity index (χ3v) is 4.16. The van der Waals surface area contributed by atoms with Crippen molar-refractivity contribution in [2.75, 3.05) is 18.5 Å². The molecule has 2 N–H and O–H groups in total. The highest BCUT2D eigenvalue weighted by molar-refractivity contribution is 7.09. The van der Waals surface area contributed by atoms with E-state index in [0.29, 0.717) is 30.4 Å². The van der Waals surface area contributed by atoms with Crippen molar-refractivity contribution >= 4 is 23.1 Å². The number of hydrogen-bond acceptors (Lipinski definition) is 4. The molecule has 116 valence electrons. The molecule has 1 atom stereocenters. The first-order valence-corrected chi connectivity index (χ1v) is 8.08. The summed E-state index contributed by atoms with van der Waals surface area (Å²) in [5, 5.41) is 7.79. The second-order valence-corrected chi connectivity index (χ2v) is 6.17. The van der Waals surface area contributed by atoms with Crippen LogP contribution in [-0.2, 0) is 6.42 Å². The van der Waals surface area contributed by atoms with E-state index in [4.69, 9.17) is 9.47 Å². The Bertz CT molecular complexity index is 643. The average molecular weight is 318 g/mol. The van der Waals surface area contributed by atoms with Gasteiger partial charge in [-0.3, -0.25) is 0 Å². The summed E-state index contributed by atoms with van der Waals surface area (Å²) in [6.07, 6.45) is 0.826. The van der Waals surface area contributed by atoms with E-state index in [1.54, 1.807) is 29.5 Å². The van der Waals surface area contributed by atoms with Gasteiger partial charge in [-0.05, 0) is 30.5 Å².